The van der Waals surface area contributed by atoms with Crippen LogP contribution < -0.4 is 0 Å². The molecule has 0 amide bonds. The van der Waals surface area contributed by atoms with Crippen LogP contribution in [0.25, 0.3) is 22.1 Å². The molecule has 0 atom stereocenters. The lowest BCUT2D eigenvalue weighted by Gasteiger charge is -2.03. The average molecular weight is 346 g/mol. The van der Waals surface area contributed by atoms with Gasteiger partial charge in [-0.1, -0.05) is 6.07 Å². The fourth-order valence-electron chi connectivity index (χ4n) is 2.17. The van der Waals surface area contributed by atoms with Gasteiger partial charge in [0.2, 0.25) is 0 Å². The quantitative estimate of drug-likeness (QED) is 0.523. The van der Waals surface area contributed by atoms with Crippen molar-refractivity contribution in [3.8, 4) is 0 Å². The third-order valence-electron chi connectivity index (χ3n) is 3.12. The van der Waals surface area contributed by atoms with E-state index in [1.54, 1.807) is 6.20 Å². The molecule has 0 aliphatic heterocycles. The lowest BCUT2D eigenvalue weighted by molar-refractivity contribution is 0.712. The average Bonchev–Trinajstić information content (AvgIpc) is 3.05. The van der Waals surface area contributed by atoms with Crippen LogP contribution in [0, 0.1) is 0 Å². The molecule has 4 rings (SSSR count). The molecular weight excluding hydrogens is 338 g/mol. The highest BCUT2D eigenvalue weighted by atomic mass is 79.9. The summed E-state index contributed by atoms with van der Waals surface area (Å²) in [6, 6.07) is 10.0. The van der Waals surface area contributed by atoms with E-state index in [-0.39, 0.29) is 0 Å². The second kappa shape index (κ2) is 4.60. The van der Waals surface area contributed by atoms with Crippen molar-refractivity contribution in [2.75, 3.05) is 0 Å². The summed E-state index contributed by atoms with van der Waals surface area (Å²) in [5.41, 5.74) is 4.93. The van der Waals surface area contributed by atoms with E-state index in [9.17, 15) is 0 Å². The first-order valence-electron chi connectivity index (χ1n) is 5.99. The Morgan fingerprint density at radius 3 is 2.90 bits per heavy atom. The van der Waals surface area contributed by atoms with Gasteiger partial charge in [0.25, 0.3) is 0 Å². The Balaban J connectivity index is 1.76. The summed E-state index contributed by atoms with van der Waals surface area (Å²) in [5, 5.41) is 4.40. The fraction of sp³-hybridized carbons (Fsp3) is 0.0769. The van der Waals surface area contributed by atoms with Gasteiger partial charge in [0.15, 0.2) is 0 Å². The van der Waals surface area contributed by atoms with E-state index in [2.05, 4.69) is 46.9 Å². The van der Waals surface area contributed by atoms with Crippen molar-refractivity contribution in [3.05, 3.63) is 46.7 Å². The van der Waals surface area contributed by atoms with Crippen LogP contribution in [0.15, 0.2) is 41.1 Å². The predicted octanol–water partition coefficient (Wildman–Crippen LogP) is 3.25. The fourth-order valence-corrected chi connectivity index (χ4v) is 3.01. The summed E-state index contributed by atoms with van der Waals surface area (Å²) in [6.45, 7) is 0.695. The van der Waals surface area contributed by atoms with E-state index in [0.29, 0.717) is 6.54 Å². The van der Waals surface area contributed by atoms with Gasteiger partial charge in [-0.2, -0.15) is 13.8 Å². The SMILES string of the molecule is Brc1ccc2c(cnn2Cc2ccc3nsnc3c2)n1. The van der Waals surface area contributed by atoms with Crippen molar-refractivity contribution in [3.63, 3.8) is 0 Å². The van der Waals surface area contributed by atoms with E-state index in [1.165, 1.54) is 11.7 Å². The molecule has 0 fully saturated rings. The molecule has 0 saturated carbocycles. The number of rotatable bonds is 2. The molecule has 3 aromatic heterocycles. The van der Waals surface area contributed by atoms with Gasteiger partial charge in [0, 0.05) is 0 Å². The van der Waals surface area contributed by atoms with Gasteiger partial charge in [-0.05, 0) is 45.8 Å². The summed E-state index contributed by atoms with van der Waals surface area (Å²) in [7, 11) is 0. The van der Waals surface area contributed by atoms with Gasteiger partial charge in [-0.15, -0.1) is 0 Å². The van der Waals surface area contributed by atoms with E-state index in [1.807, 2.05) is 22.9 Å². The Morgan fingerprint density at radius 1 is 1.05 bits per heavy atom. The number of fused-ring (bicyclic) bond motifs is 2. The largest absolute Gasteiger partial charge is 0.259 e. The molecule has 98 valence electrons. The maximum Gasteiger partial charge on any atom is 0.110 e. The monoisotopic (exact) mass is 345 g/mol. The minimum Gasteiger partial charge on any atom is -0.259 e. The van der Waals surface area contributed by atoms with E-state index < -0.39 is 0 Å². The second-order valence-corrected chi connectivity index (χ2v) is 5.77. The molecule has 0 unspecified atom stereocenters. The molecule has 4 aromatic rings. The first kappa shape index (κ1) is 11.9. The van der Waals surface area contributed by atoms with Crippen LogP contribution in [0.5, 0.6) is 0 Å². The van der Waals surface area contributed by atoms with Crippen molar-refractivity contribution < 1.29 is 0 Å². The molecule has 0 aliphatic rings. The third-order valence-corrected chi connectivity index (χ3v) is 4.11. The van der Waals surface area contributed by atoms with Gasteiger partial charge in [-0.25, -0.2) is 4.98 Å². The van der Waals surface area contributed by atoms with Crippen LogP contribution in [0.3, 0.4) is 0 Å². The zero-order valence-corrected chi connectivity index (χ0v) is 12.6. The first-order valence-corrected chi connectivity index (χ1v) is 7.51. The molecule has 0 spiro atoms. The van der Waals surface area contributed by atoms with Crippen LogP contribution in [0.2, 0.25) is 0 Å². The molecular formula is C13H8BrN5S. The van der Waals surface area contributed by atoms with Crippen LogP contribution in [-0.4, -0.2) is 23.5 Å². The summed E-state index contributed by atoms with van der Waals surface area (Å²) in [6.07, 6.45) is 1.78. The van der Waals surface area contributed by atoms with Crippen LogP contribution >= 0.6 is 27.7 Å². The zero-order chi connectivity index (χ0) is 13.5. The number of benzene rings is 1. The van der Waals surface area contributed by atoms with Crippen molar-refractivity contribution in [1.82, 2.24) is 23.5 Å². The second-order valence-electron chi connectivity index (χ2n) is 4.43. The van der Waals surface area contributed by atoms with Gasteiger partial charge in [-0.3, -0.25) is 4.68 Å². The van der Waals surface area contributed by atoms with Crippen molar-refractivity contribution in [2.45, 2.75) is 6.54 Å². The number of halogens is 1. The van der Waals surface area contributed by atoms with Crippen LogP contribution in [0.1, 0.15) is 5.56 Å². The highest BCUT2D eigenvalue weighted by Crippen LogP contribution is 2.18. The molecule has 0 saturated heterocycles. The molecule has 0 radical (unpaired) electrons. The topological polar surface area (TPSA) is 56.5 Å². The zero-order valence-electron chi connectivity index (χ0n) is 10.2. The normalized spacial score (nSPS) is 11.4. The predicted molar refractivity (Wildman–Crippen MR) is 81.7 cm³/mol. The Morgan fingerprint density at radius 2 is 1.95 bits per heavy atom. The molecule has 7 heteroatoms. The minimum absolute atomic E-state index is 0.695. The Hall–Kier alpha value is -1.86. The van der Waals surface area contributed by atoms with E-state index in [0.717, 1.165) is 32.2 Å². The van der Waals surface area contributed by atoms with Crippen molar-refractivity contribution >= 4 is 49.7 Å². The summed E-state index contributed by atoms with van der Waals surface area (Å²) < 4.78 is 11.2. The molecule has 1 aromatic carbocycles. The van der Waals surface area contributed by atoms with Gasteiger partial charge < -0.3 is 0 Å². The minimum atomic E-state index is 0.695. The van der Waals surface area contributed by atoms with Crippen molar-refractivity contribution in [2.24, 2.45) is 0 Å². The number of pyridine rings is 1. The van der Waals surface area contributed by atoms with Gasteiger partial charge in [0.05, 0.1) is 30.0 Å². The Kier molecular flexibility index (Phi) is 2.75. The molecule has 5 nitrogen and oxygen atoms in total. The maximum absolute atomic E-state index is 4.40. The van der Waals surface area contributed by atoms with E-state index in [4.69, 9.17) is 0 Å². The molecule has 20 heavy (non-hydrogen) atoms. The Labute approximate surface area is 126 Å². The number of aromatic nitrogens is 5. The number of nitrogens with zero attached hydrogens (tertiary/aromatic N) is 5. The third kappa shape index (κ3) is 1.99. The highest BCUT2D eigenvalue weighted by Gasteiger charge is 2.06. The molecule has 0 aliphatic carbocycles. The smallest absolute Gasteiger partial charge is 0.110 e. The molecule has 3 heterocycles. The summed E-state index contributed by atoms with van der Waals surface area (Å²) >= 11 is 4.61. The van der Waals surface area contributed by atoms with Crippen LogP contribution in [0.4, 0.5) is 0 Å². The van der Waals surface area contributed by atoms with Gasteiger partial charge >= 0.3 is 0 Å². The maximum atomic E-state index is 4.40. The number of hydrogen-bond donors (Lipinski definition) is 0. The lowest BCUT2D eigenvalue weighted by atomic mass is 10.2. The number of hydrogen-bond acceptors (Lipinski definition) is 5. The standard InChI is InChI=1S/C13H8BrN5S/c14-13-4-3-12-11(16-13)6-15-19(12)7-8-1-2-9-10(5-8)18-20-17-9/h1-6H,7H2. The highest BCUT2D eigenvalue weighted by molar-refractivity contribution is 9.10. The summed E-state index contributed by atoms with van der Waals surface area (Å²) in [5.74, 6) is 0. The first-order chi connectivity index (χ1) is 9.79. The van der Waals surface area contributed by atoms with E-state index >= 15 is 0 Å². The molecule has 0 N–H and O–H groups in total. The van der Waals surface area contributed by atoms with Crippen LogP contribution in [-0.2, 0) is 6.54 Å². The van der Waals surface area contributed by atoms with Gasteiger partial charge in [0.1, 0.15) is 21.2 Å². The van der Waals surface area contributed by atoms with Crippen molar-refractivity contribution in [1.29, 1.82) is 0 Å². The lowest BCUT2D eigenvalue weighted by Crippen LogP contribution is -2.01. The Bertz CT molecular complexity index is 913. The summed E-state index contributed by atoms with van der Waals surface area (Å²) in [4.78, 5) is 4.39. The molecule has 0 bridgehead atoms.